The van der Waals surface area contributed by atoms with Crippen LogP contribution in [-0.4, -0.2) is 30.6 Å². The third-order valence-electron chi connectivity index (χ3n) is 3.87. The fourth-order valence-electron chi connectivity index (χ4n) is 2.88. The van der Waals surface area contributed by atoms with E-state index in [1.165, 1.54) is 37.7 Å². The van der Waals surface area contributed by atoms with Gasteiger partial charge in [0.2, 0.25) is 0 Å². The van der Waals surface area contributed by atoms with Gasteiger partial charge in [0, 0.05) is 11.6 Å². The van der Waals surface area contributed by atoms with Crippen LogP contribution in [0.25, 0.3) is 0 Å². The van der Waals surface area contributed by atoms with E-state index in [1.54, 1.807) is 0 Å². The maximum absolute atomic E-state index is 6.38. The SMILES string of the molecule is C=C(C)CC(N)C1(N(C)C)CCCCC1. The average Bonchev–Trinajstić information content (AvgIpc) is 2.17. The molecule has 0 aromatic carbocycles. The molecule has 88 valence electrons. The predicted octanol–water partition coefficient (Wildman–Crippen LogP) is 2.54. The molecular formula is C13H26N2. The zero-order valence-electron chi connectivity index (χ0n) is 10.6. The van der Waals surface area contributed by atoms with Crippen molar-refractivity contribution < 1.29 is 0 Å². The minimum absolute atomic E-state index is 0.219. The van der Waals surface area contributed by atoms with Gasteiger partial charge in [-0.25, -0.2) is 0 Å². The predicted molar refractivity (Wildman–Crippen MR) is 66.9 cm³/mol. The van der Waals surface area contributed by atoms with Crippen LogP contribution in [0.15, 0.2) is 12.2 Å². The molecule has 0 bridgehead atoms. The summed E-state index contributed by atoms with van der Waals surface area (Å²) in [6.45, 7) is 6.06. The highest BCUT2D eigenvalue weighted by atomic mass is 15.2. The molecule has 2 N–H and O–H groups in total. The van der Waals surface area contributed by atoms with Crippen molar-refractivity contribution >= 4 is 0 Å². The molecule has 0 spiro atoms. The molecule has 2 nitrogen and oxygen atoms in total. The van der Waals surface area contributed by atoms with Gasteiger partial charge in [-0.1, -0.05) is 24.8 Å². The van der Waals surface area contributed by atoms with Gasteiger partial charge in [-0.3, -0.25) is 0 Å². The lowest BCUT2D eigenvalue weighted by atomic mass is 9.74. The van der Waals surface area contributed by atoms with Crippen molar-refractivity contribution in [3.63, 3.8) is 0 Å². The lowest BCUT2D eigenvalue weighted by molar-refractivity contribution is 0.0716. The van der Waals surface area contributed by atoms with E-state index in [4.69, 9.17) is 5.73 Å². The van der Waals surface area contributed by atoms with Crippen molar-refractivity contribution in [3.8, 4) is 0 Å². The van der Waals surface area contributed by atoms with Crippen LogP contribution in [0.1, 0.15) is 45.4 Å². The standard InChI is InChI=1S/C13H26N2/c1-11(2)10-12(14)13(15(3)4)8-6-5-7-9-13/h12H,1,5-10,14H2,2-4H3. The Morgan fingerprint density at radius 3 is 2.27 bits per heavy atom. The van der Waals surface area contributed by atoms with Gasteiger partial charge in [-0.05, 0) is 40.3 Å². The van der Waals surface area contributed by atoms with E-state index in [0.29, 0.717) is 0 Å². The smallest absolute Gasteiger partial charge is 0.0357 e. The Bertz CT molecular complexity index is 215. The van der Waals surface area contributed by atoms with Crippen molar-refractivity contribution in [2.75, 3.05) is 14.1 Å². The molecule has 0 amide bonds. The largest absolute Gasteiger partial charge is 0.326 e. The maximum atomic E-state index is 6.38. The Morgan fingerprint density at radius 2 is 1.87 bits per heavy atom. The van der Waals surface area contributed by atoms with Gasteiger partial charge < -0.3 is 10.6 Å². The summed E-state index contributed by atoms with van der Waals surface area (Å²) in [5, 5.41) is 0. The van der Waals surface area contributed by atoms with Crippen LogP contribution < -0.4 is 5.73 Å². The highest BCUT2D eigenvalue weighted by molar-refractivity contribution is 5.05. The summed E-state index contributed by atoms with van der Waals surface area (Å²) < 4.78 is 0. The molecule has 2 heteroatoms. The van der Waals surface area contributed by atoms with Gasteiger partial charge >= 0.3 is 0 Å². The minimum Gasteiger partial charge on any atom is -0.326 e. The van der Waals surface area contributed by atoms with Crippen molar-refractivity contribution in [2.24, 2.45) is 5.73 Å². The second kappa shape index (κ2) is 5.13. The Labute approximate surface area is 94.5 Å². The van der Waals surface area contributed by atoms with E-state index < -0.39 is 0 Å². The van der Waals surface area contributed by atoms with E-state index in [1.807, 2.05) is 0 Å². The van der Waals surface area contributed by atoms with Crippen molar-refractivity contribution in [1.29, 1.82) is 0 Å². The molecule has 1 atom stereocenters. The summed E-state index contributed by atoms with van der Waals surface area (Å²) in [7, 11) is 4.34. The first kappa shape index (κ1) is 12.7. The molecule has 1 saturated carbocycles. The quantitative estimate of drug-likeness (QED) is 0.723. The normalized spacial score (nSPS) is 22.7. The maximum Gasteiger partial charge on any atom is 0.0357 e. The molecule has 0 radical (unpaired) electrons. The summed E-state index contributed by atoms with van der Waals surface area (Å²) in [5.41, 5.74) is 7.81. The second-order valence-corrected chi connectivity index (χ2v) is 5.33. The zero-order valence-corrected chi connectivity index (χ0v) is 10.6. The molecule has 1 unspecified atom stereocenters. The minimum atomic E-state index is 0.219. The van der Waals surface area contributed by atoms with Gasteiger partial charge in [-0.2, -0.15) is 0 Å². The fraction of sp³-hybridized carbons (Fsp3) is 0.846. The van der Waals surface area contributed by atoms with Gasteiger partial charge in [0.1, 0.15) is 0 Å². The molecule has 1 fully saturated rings. The van der Waals surface area contributed by atoms with Crippen LogP contribution in [0.5, 0.6) is 0 Å². The van der Waals surface area contributed by atoms with Gasteiger partial charge in [0.15, 0.2) is 0 Å². The first-order chi connectivity index (χ1) is 6.99. The van der Waals surface area contributed by atoms with Crippen LogP contribution in [0, 0.1) is 0 Å². The Hall–Kier alpha value is -0.340. The molecule has 1 rings (SSSR count). The van der Waals surface area contributed by atoms with Crippen LogP contribution in [0.3, 0.4) is 0 Å². The zero-order chi connectivity index (χ0) is 11.5. The molecule has 1 aliphatic rings. The summed E-state index contributed by atoms with van der Waals surface area (Å²) in [5.74, 6) is 0. The molecule has 0 aromatic heterocycles. The lowest BCUT2D eigenvalue weighted by Crippen LogP contribution is -2.58. The fourth-order valence-corrected chi connectivity index (χ4v) is 2.88. The van der Waals surface area contributed by atoms with E-state index in [9.17, 15) is 0 Å². The Morgan fingerprint density at radius 1 is 1.33 bits per heavy atom. The van der Waals surface area contributed by atoms with Gasteiger partial charge in [-0.15, -0.1) is 6.58 Å². The Balaban J connectivity index is 2.75. The highest BCUT2D eigenvalue weighted by Gasteiger charge is 2.39. The lowest BCUT2D eigenvalue weighted by Gasteiger charge is -2.47. The van der Waals surface area contributed by atoms with Gasteiger partial charge in [0.05, 0.1) is 0 Å². The topological polar surface area (TPSA) is 29.3 Å². The van der Waals surface area contributed by atoms with E-state index >= 15 is 0 Å². The number of likely N-dealkylation sites (N-methyl/N-ethyl adjacent to an activating group) is 1. The number of hydrogen-bond acceptors (Lipinski definition) is 2. The summed E-state index contributed by atoms with van der Waals surface area (Å²) in [6.07, 6.45) is 7.46. The van der Waals surface area contributed by atoms with E-state index in [2.05, 4.69) is 32.5 Å². The number of rotatable bonds is 4. The molecule has 15 heavy (non-hydrogen) atoms. The monoisotopic (exact) mass is 210 g/mol. The molecular weight excluding hydrogens is 184 g/mol. The second-order valence-electron chi connectivity index (χ2n) is 5.33. The molecule has 0 heterocycles. The molecule has 0 aliphatic heterocycles. The van der Waals surface area contributed by atoms with Crippen LogP contribution >= 0.6 is 0 Å². The van der Waals surface area contributed by atoms with Crippen LogP contribution in [0.2, 0.25) is 0 Å². The first-order valence-corrected chi connectivity index (χ1v) is 6.06. The number of hydrogen-bond donors (Lipinski definition) is 1. The third-order valence-corrected chi connectivity index (χ3v) is 3.87. The molecule has 1 aliphatic carbocycles. The van der Waals surface area contributed by atoms with E-state index in [-0.39, 0.29) is 11.6 Å². The summed E-state index contributed by atoms with van der Waals surface area (Å²) >= 11 is 0. The highest BCUT2D eigenvalue weighted by Crippen LogP contribution is 2.35. The summed E-state index contributed by atoms with van der Waals surface area (Å²) in [6, 6.07) is 0.241. The number of nitrogens with zero attached hydrogens (tertiary/aromatic N) is 1. The van der Waals surface area contributed by atoms with Crippen molar-refractivity contribution in [3.05, 3.63) is 12.2 Å². The third kappa shape index (κ3) is 2.82. The van der Waals surface area contributed by atoms with Crippen LogP contribution in [0.4, 0.5) is 0 Å². The first-order valence-electron chi connectivity index (χ1n) is 6.06. The van der Waals surface area contributed by atoms with E-state index in [0.717, 1.165) is 6.42 Å². The Kier molecular flexibility index (Phi) is 4.35. The average molecular weight is 210 g/mol. The number of nitrogens with two attached hydrogens (primary N) is 1. The molecule has 0 aromatic rings. The summed E-state index contributed by atoms with van der Waals surface area (Å²) in [4.78, 5) is 2.35. The molecule has 0 saturated heterocycles. The van der Waals surface area contributed by atoms with Gasteiger partial charge in [0.25, 0.3) is 0 Å². The van der Waals surface area contributed by atoms with Crippen LogP contribution in [-0.2, 0) is 0 Å². The van der Waals surface area contributed by atoms with Crippen molar-refractivity contribution in [1.82, 2.24) is 4.90 Å². The van der Waals surface area contributed by atoms with Crippen molar-refractivity contribution in [2.45, 2.75) is 57.0 Å².